The maximum absolute atomic E-state index is 12.4. The maximum atomic E-state index is 12.4. The lowest BCUT2D eigenvalue weighted by atomic mass is 9.66. The van der Waals surface area contributed by atoms with Gasteiger partial charge in [0.15, 0.2) is 11.7 Å². The van der Waals surface area contributed by atoms with Crippen LogP contribution in [0.2, 0.25) is 0 Å². The van der Waals surface area contributed by atoms with Crippen molar-refractivity contribution in [1.82, 2.24) is 0 Å². The third-order valence-electron chi connectivity index (χ3n) is 5.26. The first kappa shape index (κ1) is 15.1. The molecule has 2 fully saturated rings. The molecule has 2 atom stereocenters. The minimum atomic E-state index is -1.06. The molecule has 0 spiro atoms. The molecule has 2 aliphatic heterocycles. The predicted octanol–water partition coefficient (Wildman–Crippen LogP) is 2.98. The summed E-state index contributed by atoms with van der Waals surface area (Å²) in [5.41, 5.74) is -0.814. The molecule has 4 heteroatoms. The van der Waals surface area contributed by atoms with Crippen LogP contribution in [-0.4, -0.2) is 18.0 Å². The lowest BCUT2D eigenvalue weighted by Crippen LogP contribution is -2.47. The van der Waals surface area contributed by atoms with Crippen LogP contribution in [0.4, 0.5) is 0 Å². The molecule has 0 radical (unpaired) electrons. The fraction of sp³-hybridized carbons (Fsp3) is 0.556. The van der Waals surface area contributed by atoms with Gasteiger partial charge in [-0.1, -0.05) is 31.2 Å². The highest BCUT2D eigenvalue weighted by Crippen LogP contribution is 2.61. The van der Waals surface area contributed by atoms with E-state index in [9.17, 15) is 9.59 Å². The largest absolute Gasteiger partial charge is 0.456 e. The lowest BCUT2D eigenvalue weighted by Gasteiger charge is -2.36. The molecule has 1 aromatic rings. The molecule has 2 aliphatic rings. The molecule has 0 unspecified atom stereocenters. The van der Waals surface area contributed by atoms with Crippen molar-refractivity contribution in [2.45, 2.75) is 52.7 Å². The third-order valence-corrected chi connectivity index (χ3v) is 5.26. The van der Waals surface area contributed by atoms with Crippen LogP contribution in [-0.2, 0) is 31.1 Å². The van der Waals surface area contributed by atoms with E-state index in [1.807, 2.05) is 24.3 Å². The number of hydrogen-bond donors (Lipinski definition) is 0. The first-order valence-corrected chi connectivity index (χ1v) is 7.72. The van der Waals surface area contributed by atoms with E-state index in [0.29, 0.717) is 0 Å². The molecular formula is C18H22O4. The van der Waals surface area contributed by atoms with Crippen LogP contribution in [0.3, 0.4) is 0 Å². The molecule has 22 heavy (non-hydrogen) atoms. The Morgan fingerprint density at radius 2 is 1.59 bits per heavy atom. The van der Waals surface area contributed by atoms with Crippen molar-refractivity contribution in [3.05, 3.63) is 35.4 Å². The molecule has 4 nitrogen and oxygen atoms in total. The van der Waals surface area contributed by atoms with Gasteiger partial charge in [0.25, 0.3) is 0 Å². The summed E-state index contributed by atoms with van der Waals surface area (Å²) in [6, 6.07) is 7.92. The zero-order valence-electron chi connectivity index (χ0n) is 13.7. The Morgan fingerprint density at radius 3 is 2.14 bits per heavy atom. The van der Waals surface area contributed by atoms with E-state index in [1.165, 1.54) is 5.56 Å². The first-order chi connectivity index (χ1) is 10.2. The van der Waals surface area contributed by atoms with Gasteiger partial charge in [-0.15, -0.1) is 0 Å². The Bertz CT molecular complexity index is 640. The quantitative estimate of drug-likeness (QED) is 0.788. The van der Waals surface area contributed by atoms with Crippen molar-refractivity contribution in [2.75, 3.05) is 0 Å². The fourth-order valence-electron chi connectivity index (χ4n) is 3.60. The van der Waals surface area contributed by atoms with Crippen molar-refractivity contribution in [3.63, 3.8) is 0 Å². The van der Waals surface area contributed by atoms with Crippen LogP contribution in [0.15, 0.2) is 24.3 Å². The number of aryl methyl sites for hydroxylation is 1. The highest BCUT2D eigenvalue weighted by molar-refractivity contribution is 5.89. The van der Waals surface area contributed by atoms with Gasteiger partial charge in [0.1, 0.15) is 10.8 Å². The van der Waals surface area contributed by atoms with Crippen LogP contribution in [0.1, 0.15) is 45.7 Å². The molecule has 2 saturated heterocycles. The van der Waals surface area contributed by atoms with E-state index in [1.54, 1.807) is 27.7 Å². The third kappa shape index (κ3) is 1.58. The van der Waals surface area contributed by atoms with E-state index in [4.69, 9.17) is 9.47 Å². The minimum absolute atomic E-state index is 0.322. The van der Waals surface area contributed by atoms with Gasteiger partial charge in [-0.05, 0) is 39.7 Å². The minimum Gasteiger partial charge on any atom is -0.456 e. The van der Waals surface area contributed by atoms with Gasteiger partial charge in [-0.3, -0.25) is 9.59 Å². The fourth-order valence-corrected chi connectivity index (χ4v) is 3.60. The second-order valence-electron chi connectivity index (χ2n) is 7.31. The van der Waals surface area contributed by atoms with Crippen LogP contribution < -0.4 is 0 Å². The second-order valence-corrected chi connectivity index (χ2v) is 7.31. The molecule has 0 aliphatic carbocycles. The summed E-state index contributed by atoms with van der Waals surface area (Å²) >= 11 is 0. The standard InChI is InChI=1S/C18H22O4/c1-6-11-7-9-12(10-8-11)18-13(16(2,3)14(19)22-18)21-15(20)17(18,4)5/h7-10,13H,6H2,1-5H3/t13-,18-/m0/s1. The Morgan fingerprint density at radius 1 is 1.00 bits per heavy atom. The van der Waals surface area contributed by atoms with Crippen molar-refractivity contribution < 1.29 is 19.1 Å². The molecule has 3 rings (SSSR count). The lowest BCUT2D eigenvalue weighted by molar-refractivity contribution is -0.166. The Kier molecular flexibility index (Phi) is 2.97. The molecule has 1 aromatic carbocycles. The maximum Gasteiger partial charge on any atom is 0.316 e. The van der Waals surface area contributed by atoms with Gasteiger partial charge >= 0.3 is 11.9 Å². The van der Waals surface area contributed by atoms with Crippen LogP contribution in [0.5, 0.6) is 0 Å². The van der Waals surface area contributed by atoms with Gasteiger partial charge in [0, 0.05) is 5.56 Å². The zero-order chi connectivity index (χ0) is 16.3. The summed E-state index contributed by atoms with van der Waals surface area (Å²) in [4.78, 5) is 24.8. The molecule has 118 valence electrons. The van der Waals surface area contributed by atoms with E-state index < -0.39 is 22.5 Å². The molecule has 0 saturated carbocycles. The first-order valence-electron chi connectivity index (χ1n) is 7.72. The summed E-state index contributed by atoms with van der Waals surface area (Å²) in [5.74, 6) is -0.643. The number of esters is 2. The second kappa shape index (κ2) is 4.34. The van der Waals surface area contributed by atoms with Crippen LogP contribution in [0, 0.1) is 10.8 Å². The van der Waals surface area contributed by atoms with E-state index in [-0.39, 0.29) is 11.9 Å². The number of fused-ring (bicyclic) bond motifs is 1. The monoisotopic (exact) mass is 302 g/mol. The highest BCUT2D eigenvalue weighted by atomic mass is 16.6. The topological polar surface area (TPSA) is 52.6 Å². The van der Waals surface area contributed by atoms with Crippen LogP contribution >= 0.6 is 0 Å². The number of hydrogen-bond acceptors (Lipinski definition) is 4. The summed E-state index contributed by atoms with van der Waals surface area (Å²) in [6.07, 6.45) is 0.323. The molecule has 0 amide bonds. The van der Waals surface area contributed by atoms with Gasteiger partial charge < -0.3 is 9.47 Å². The summed E-state index contributed by atoms with van der Waals surface area (Å²) < 4.78 is 11.5. The van der Waals surface area contributed by atoms with Crippen molar-refractivity contribution >= 4 is 11.9 Å². The number of carbonyl (C=O) groups excluding carboxylic acids is 2. The molecule has 0 bridgehead atoms. The normalized spacial score (nSPS) is 31.6. The number of benzene rings is 1. The van der Waals surface area contributed by atoms with Crippen molar-refractivity contribution in [2.24, 2.45) is 10.8 Å². The summed E-state index contributed by atoms with van der Waals surface area (Å²) in [7, 11) is 0. The van der Waals surface area contributed by atoms with E-state index >= 15 is 0 Å². The van der Waals surface area contributed by atoms with Gasteiger partial charge in [0.2, 0.25) is 0 Å². The molecule has 2 heterocycles. The van der Waals surface area contributed by atoms with Gasteiger partial charge in [0.05, 0.1) is 0 Å². The van der Waals surface area contributed by atoms with E-state index in [0.717, 1.165) is 12.0 Å². The molecular weight excluding hydrogens is 280 g/mol. The van der Waals surface area contributed by atoms with Crippen LogP contribution in [0.25, 0.3) is 0 Å². The van der Waals surface area contributed by atoms with Crippen molar-refractivity contribution in [1.29, 1.82) is 0 Å². The summed E-state index contributed by atoms with van der Waals surface area (Å²) in [6.45, 7) is 9.21. The predicted molar refractivity (Wildman–Crippen MR) is 81.0 cm³/mol. The highest BCUT2D eigenvalue weighted by Gasteiger charge is 2.75. The number of ether oxygens (including phenoxy) is 2. The number of rotatable bonds is 2. The molecule has 0 aromatic heterocycles. The molecule has 0 N–H and O–H groups in total. The zero-order valence-corrected chi connectivity index (χ0v) is 13.7. The average molecular weight is 302 g/mol. The van der Waals surface area contributed by atoms with Gasteiger partial charge in [-0.25, -0.2) is 0 Å². The number of carbonyl (C=O) groups is 2. The van der Waals surface area contributed by atoms with E-state index in [2.05, 4.69) is 6.92 Å². The van der Waals surface area contributed by atoms with Crippen molar-refractivity contribution in [3.8, 4) is 0 Å². The average Bonchev–Trinajstić information content (AvgIpc) is 2.81. The Labute approximate surface area is 130 Å². The summed E-state index contributed by atoms with van der Waals surface area (Å²) in [5, 5.41) is 0. The van der Waals surface area contributed by atoms with Gasteiger partial charge in [-0.2, -0.15) is 0 Å². The smallest absolute Gasteiger partial charge is 0.316 e. The SMILES string of the molecule is CCc1ccc([C@]23OC(=O)C(C)(C)[C@@H]2OC(=O)C3(C)C)cc1. The Balaban J connectivity index is 2.21. The Hall–Kier alpha value is -1.84.